The highest BCUT2D eigenvalue weighted by Gasteiger charge is 2.22. The minimum absolute atomic E-state index is 0.0133. The van der Waals surface area contributed by atoms with E-state index in [-0.39, 0.29) is 17.6 Å². The first-order valence-electron chi connectivity index (χ1n) is 9.40. The smallest absolute Gasteiger partial charge is 0.289 e. The molecule has 4 aromatic rings. The third-order valence-corrected chi connectivity index (χ3v) is 6.14. The fraction of sp³-hybridized carbons (Fsp3) is 0.0870. The molecule has 0 saturated heterocycles. The second-order valence-electron chi connectivity index (χ2n) is 6.88. The number of aromatic amines is 1. The van der Waals surface area contributed by atoms with E-state index in [9.17, 15) is 10.1 Å². The van der Waals surface area contributed by atoms with Crippen molar-refractivity contribution in [2.75, 3.05) is 18.0 Å². The maximum absolute atomic E-state index is 13.0. The highest BCUT2D eigenvalue weighted by atomic mass is 32.1. The highest BCUT2D eigenvalue weighted by molar-refractivity contribution is 7.20. The summed E-state index contributed by atoms with van der Waals surface area (Å²) in [4.78, 5) is 17.0. The first kappa shape index (κ1) is 19.4. The van der Waals surface area contributed by atoms with Crippen LogP contribution in [0, 0.1) is 11.3 Å². The predicted octanol–water partition coefficient (Wildman–Crippen LogP) is 3.31. The van der Waals surface area contributed by atoms with Crippen LogP contribution < -0.4 is 21.8 Å². The van der Waals surface area contributed by atoms with E-state index in [1.165, 1.54) is 11.3 Å². The molecule has 0 aliphatic heterocycles. The number of benzene rings is 2. The lowest BCUT2D eigenvalue weighted by Crippen LogP contribution is -2.28. The number of nitrogen functional groups attached to an aromatic ring is 2. The Balaban J connectivity index is 1.61. The summed E-state index contributed by atoms with van der Waals surface area (Å²) in [5, 5.41) is 12.8. The van der Waals surface area contributed by atoms with Crippen LogP contribution in [0.5, 0.6) is 0 Å². The monoisotopic (exact) mass is 414 g/mol. The van der Waals surface area contributed by atoms with Crippen LogP contribution >= 0.6 is 11.3 Å². The molecule has 1 amide bonds. The fourth-order valence-electron chi connectivity index (χ4n) is 3.44. The van der Waals surface area contributed by atoms with Crippen molar-refractivity contribution in [1.29, 1.82) is 5.26 Å². The summed E-state index contributed by atoms with van der Waals surface area (Å²) < 4.78 is 0. The number of nitrogens with two attached hydrogens (primary N) is 2. The minimum atomic E-state index is -0.254. The molecular formula is C23H20N5OS+. The molecule has 30 heavy (non-hydrogen) atoms. The van der Waals surface area contributed by atoms with E-state index < -0.39 is 0 Å². The highest BCUT2D eigenvalue weighted by Crippen LogP contribution is 2.32. The molecule has 148 valence electrons. The largest absolute Gasteiger partial charge is 0.397 e. The van der Waals surface area contributed by atoms with Crippen LogP contribution in [0.1, 0.15) is 32.3 Å². The third kappa shape index (κ3) is 3.69. The summed E-state index contributed by atoms with van der Waals surface area (Å²) in [6.45, 7) is 0.426. The van der Waals surface area contributed by atoms with Gasteiger partial charge in [0, 0.05) is 12.5 Å². The Kier molecular flexibility index (Phi) is 5.33. The number of H-pyrrole nitrogens is 1. The molecule has 2 aromatic carbocycles. The SMILES string of the molecule is N#Cc1cc2c(N)c(C(=O)NCC(c3ccccc3)c3ccccc3)sc2[nH+]c1N. The quantitative estimate of drug-likeness (QED) is 0.464. The number of aromatic nitrogens is 1. The number of thiophene rings is 1. The molecule has 4 rings (SSSR count). The molecule has 0 aliphatic carbocycles. The number of fused-ring (bicyclic) bond motifs is 1. The Bertz CT molecular complexity index is 1210. The van der Waals surface area contributed by atoms with E-state index in [0.717, 1.165) is 11.1 Å². The standard InChI is InChI=1S/C23H19N5OS/c24-12-16-11-17-19(25)20(30-23(17)28-21(16)26)22(29)27-13-18(14-7-3-1-4-8-14)15-9-5-2-6-10-15/h1-11,18H,13,25H2,(H2,26,28)(H,27,29)/p+1. The van der Waals surface area contributed by atoms with Crippen LogP contribution in [-0.2, 0) is 0 Å². The topological polar surface area (TPSA) is 119 Å². The predicted molar refractivity (Wildman–Crippen MR) is 119 cm³/mol. The second-order valence-corrected chi connectivity index (χ2v) is 7.90. The molecule has 0 unspecified atom stereocenters. The Labute approximate surface area is 177 Å². The molecule has 0 bridgehead atoms. The Morgan fingerprint density at radius 2 is 1.67 bits per heavy atom. The summed E-state index contributed by atoms with van der Waals surface area (Å²) in [6.07, 6.45) is 0. The Morgan fingerprint density at radius 1 is 1.07 bits per heavy atom. The van der Waals surface area contributed by atoms with Crippen molar-refractivity contribution in [3.63, 3.8) is 0 Å². The zero-order valence-corrected chi connectivity index (χ0v) is 16.9. The molecule has 2 aromatic heterocycles. The van der Waals surface area contributed by atoms with Crippen LogP contribution in [0.15, 0.2) is 66.7 Å². The Hall–Kier alpha value is -3.89. The fourth-order valence-corrected chi connectivity index (χ4v) is 4.47. The van der Waals surface area contributed by atoms with Crippen LogP contribution in [0.25, 0.3) is 10.2 Å². The van der Waals surface area contributed by atoms with Gasteiger partial charge in [-0.25, -0.2) is 4.98 Å². The van der Waals surface area contributed by atoms with Gasteiger partial charge in [0.25, 0.3) is 11.7 Å². The molecule has 6 N–H and O–H groups in total. The lowest BCUT2D eigenvalue weighted by molar-refractivity contribution is -0.323. The number of nitrogens with zero attached hydrogens (tertiary/aromatic N) is 1. The summed E-state index contributed by atoms with van der Waals surface area (Å²) in [6, 6.07) is 23.8. The van der Waals surface area contributed by atoms with Gasteiger partial charge in [0.2, 0.25) is 0 Å². The molecule has 0 spiro atoms. The number of carbonyl (C=O) groups excluding carboxylic acids is 1. The van der Waals surface area contributed by atoms with Crippen LogP contribution in [-0.4, -0.2) is 12.5 Å². The number of pyridine rings is 1. The van der Waals surface area contributed by atoms with Gasteiger partial charge in [0.1, 0.15) is 16.5 Å². The van der Waals surface area contributed by atoms with Gasteiger partial charge in [-0.15, -0.1) is 0 Å². The summed E-state index contributed by atoms with van der Waals surface area (Å²) in [5.74, 6) is 0.0156. The number of hydrogen-bond acceptors (Lipinski definition) is 5. The van der Waals surface area contributed by atoms with Gasteiger partial charge in [-0.3, -0.25) is 10.5 Å². The average molecular weight is 415 g/mol. The Morgan fingerprint density at radius 3 is 2.23 bits per heavy atom. The minimum Gasteiger partial charge on any atom is -0.397 e. The summed E-state index contributed by atoms with van der Waals surface area (Å²) >= 11 is 1.23. The molecule has 6 nitrogen and oxygen atoms in total. The molecule has 2 heterocycles. The summed E-state index contributed by atoms with van der Waals surface area (Å²) in [5.41, 5.74) is 14.9. The lowest BCUT2D eigenvalue weighted by Gasteiger charge is -2.18. The number of nitriles is 1. The van der Waals surface area contributed by atoms with Gasteiger partial charge in [0.15, 0.2) is 4.83 Å². The first-order chi connectivity index (χ1) is 14.6. The van der Waals surface area contributed by atoms with Crippen LogP contribution in [0.3, 0.4) is 0 Å². The molecule has 0 aliphatic rings. The van der Waals surface area contributed by atoms with E-state index in [4.69, 9.17) is 11.5 Å². The van der Waals surface area contributed by atoms with E-state index in [1.54, 1.807) is 6.07 Å². The van der Waals surface area contributed by atoms with Gasteiger partial charge in [-0.2, -0.15) is 5.26 Å². The zero-order chi connectivity index (χ0) is 21.1. The number of rotatable bonds is 5. The van der Waals surface area contributed by atoms with Crippen molar-refractivity contribution >= 4 is 39.0 Å². The van der Waals surface area contributed by atoms with E-state index >= 15 is 0 Å². The van der Waals surface area contributed by atoms with Crippen molar-refractivity contribution in [3.8, 4) is 6.07 Å². The normalized spacial score (nSPS) is 10.8. The number of hydrogen-bond donors (Lipinski definition) is 3. The number of amides is 1. The molecule has 0 radical (unpaired) electrons. The lowest BCUT2D eigenvalue weighted by atomic mass is 9.91. The maximum atomic E-state index is 13.0. The van der Waals surface area contributed by atoms with Crippen molar-refractivity contribution < 1.29 is 9.78 Å². The molecule has 0 fully saturated rings. The van der Waals surface area contributed by atoms with Gasteiger partial charge < -0.3 is 11.1 Å². The average Bonchev–Trinajstić information content (AvgIpc) is 3.10. The van der Waals surface area contributed by atoms with Crippen molar-refractivity contribution in [1.82, 2.24) is 5.32 Å². The number of anilines is 2. The number of nitrogens with one attached hydrogen (secondary N) is 2. The molecule has 0 saturated carbocycles. The van der Waals surface area contributed by atoms with Crippen LogP contribution in [0.2, 0.25) is 0 Å². The van der Waals surface area contributed by atoms with E-state index in [1.807, 2.05) is 42.5 Å². The van der Waals surface area contributed by atoms with Crippen molar-refractivity contribution in [2.24, 2.45) is 0 Å². The van der Waals surface area contributed by atoms with E-state index in [0.29, 0.717) is 32.9 Å². The van der Waals surface area contributed by atoms with Gasteiger partial charge in [-0.05, 0) is 17.2 Å². The van der Waals surface area contributed by atoms with Gasteiger partial charge >= 0.3 is 0 Å². The maximum Gasteiger partial charge on any atom is 0.289 e. The van der Waals surface area contributed by atoms with E-state index in [2.05, 4.69) is 34.6 Å². The first-order valence-corrected chi connectivity index (χ1v) is 10.2. The van der Waals surface area contributed by atoms with Crippen LogP contribution in [0.4, 0.5) is 11.5 Å². The molecule has 0 atom stereocenters. The number of carbonyl (C=O) groups is 1. The zero-order valence-electron chi connectivity index (χ0n) is 16.1. The van der Waals surface area contributed by atoms with Gasteiger partial charge in [0.05, 0.1) is 11.1 Å². The van der Waals surface area contributed by atoms with Crippen molar-refractivity contribution in [2.45, 2.75) is 5.92 Å². The molecule has 7 heteroatoms. The third-order valence-electron chi connectivity index (χ3n) is 5.01. The van der Waals surface area contributed by atoms with Crippen molar-refractivity contribution in [3.05, 3.63) is 88.3 Å². The summed E-state index contributed by atoms with van der Waals surface area (Å²) in [7, 11) is 0. The van der Waals surface area contributed by atoms with Gasteiger partial charge in [-0.1, -0.05) is 72.0 Å². The molecular weight excluding hydrogens is 394 g/mol. The second kappa shape index (κ2) is 8.23.